The van der Waals surface area contributed by atoms with E-state index >= 15 is 0 Å². The lowest BCUT2D eigenvalue weighted by atomic mass is 10.2. The van der Waals surface area contributed by atoms with E-state index in [-0.39, 0.29) is 49.1 Å². The number of aliphatic hydroxyl groups excluding tert-OH is 1. The number of β-amino-alcohol motifs (C(OH)–C–C–N with tert-alkyl or cyclic N) is 1. The number of anilines is 1. The lowest BCUT2D eigenvalue weighted by molar-refractivity contribution is -0.136. The van der Waals surface area contributed by atoms with Gasteiger partial charge in [0.15, 0.2) is 11.5 Å². The van der Waals surface area contributed by atoms with Crippen molar-refractivity contribution in [2.75, 3.05) is 38.7 Å². The summed E-state index contributed by atoms with van der Waals surface area (Å²) >= 11 is 0. The molecule has 0 fully saturated rings. The van der Waals surface area contributed by atoms with Crippen LogP contribution in [-0.2, 0) is 14.3 Å². The van der Waals surface area contributed by atoms with Gasteiger partial charge in [-0.15, -0.1) is 0 Å². The van der Waals surface area contributed by atoms with Crippen LogP contribution in [0.5, 0.6) is 11.5 Å². The zero-order chi connectivity index (χ0) is 20.0. The predicted molar refractivity (Wildman–Crippen MR) is 90.6 cm³/mol. The number of hydrogen-bond donors (Lipinski definition) is 2. The van der Waals surface area contributed by atoms with Crippen LogP contribution >= 0.6 is 0 Å². The highest BCUT2D eigenvalue weighted by atomic mass is 19.3. The Labute approximate surface area is 154 Å². The number of halogens is 2. The summed E-state index contributed by atoms with van der Waals surface area (Å²) in [5.41, 5.74) is 0.415. The normalized spacial score (nSPS) is 14.0. The standard InChI is InChI=1S/C17H20F2N2O6/c1-3-26-13-8-10(4-5-12(13)27-17(18)19)20-14-11(16(24)25-2)9-21(6-7-22)15(14)23/h4-5,8,17,20,22H,3,6-7,9H2,1-2H3. The Kier molecular flexibility index (Phi) is 6.94. The van der Waals surface area contributed by atoms with E-state index in [1.54, 1.807) is 6.92 Å². The van der Waals surface area contributed by atoms with Crippen LogP contribution in [0.15, 0.2) is 29.5 Å². The fourth-order valence-electron chi connectivity index (χ4n) is 2.54. The molecule has 0 saturated heterocycles. The Morgan fingerprint density at radius 2 is 2.11 bits per heavy atom. The van der Waals surface area contributed by atoms with E-state index in [1.165, 1.54) is 30.2 Å². The maximum atomic E-state index is 12.5. The van der Waals surface area contributed by atoms with Crippen molar-refractivity contribution < 1.29 is 37.7 Å². The number of ether oxygens (including phenoxy) is 3. The van der Waals surface area contributed by atoms with Crippen LogP contribution in [0.4, 0.5) is 14.5 Å². The highest BCUT2D eigenvalue weighted by Crippen LogP contribution is 2.33. The molecule has 27 heavy (non-hydrogen) atoms. The molecule has 1 aliphatic rings. The third-order valence-electron chi connectivity index (χ3n) is 3.68. The van der Waals surface area contributed by atoms with E-state index in [0.29, 0.717) is 5.69 Å². The number of alkyl halides is 2. The Hall–Kier alpha value is -2.88. The van der Waals surface area contributed by atoms with Crippen LogP contribution in [0.25, 0.3) is 0 Å². The second-order valence-corrected chi connectivity index (χ2v) is 5.39. The van der Waals surface area contributed by atoms with Crippen LogP contribution in [-0.4, -0.2) is 61.9 Å². The zero-order valence-corrected chi connectivity index (χ0v) is 14.8. The molecule has 1 heterocycles. The molecule has 0 aromatic heterocycles. The minimum atomic E-state index is -3.01. The van der Waals surface area contributed by atoms with Crippen LogP contribution in [0.3, 0.4) is 0 Å². The molecule has 0 bridgehead atoms. The molecule has 2 N–H and O–H groups in total. The molecular weight excluding hydrogens is 366 g/mol. The molecule has 1 aliphatic heterocycles. The highest BCUT2D eigenvalue weighted by Gasteiger charge is 2.34. The molecule has 148 valence electrons. The summed E-state index contributed by atoms with van der Waals surface area (Å²) < 4.78 is 39.4. The van der Waals surface area contributed by atoms with Gasteiger partial charge in [0.2, 0.25) is 0 Å². The molecule has 1 aromatic carbocycles. The Balaban J connectivity index is 2.33. The Bertz CT molecular complexity index is 738. The number of aliphatic hydroxyl groups is 1. The van der Waals surface area contributed by atoms with Gasteiger partial charge >= 0.3 is 12.6 Å². The second kappa shape index (κ2) is 9.17. The molecule has 8 nitrogen and oxygen atoms in total. The zero-order valence-electron chi connectivity index (χ0n) is 14.8. The van der Waals surface area contributed by atoms with Gasteiger partial charge in [-0.2, -0.15) is 8.78 Å². The summed E-state index contributed by atoms with van der Waals surface area (Å²) in [6.07, 6.45) is 0. The van der Waals surface area contributed by atoms with Crippen molar-refractivity contribution in [3.05, 3.63) is 29.5 Å². The van der Waals surface area contributed by atoms with Crippen molar-refractivity contribution in [1.82, 2.24) is 4.90 Å². The summed E-state index contributed by atoms with van der Waals surface area (Å²) in [6.45, 7) is -1.35. The average molecular weight is 386 g/mol. The quantitative estimate of drug-likeness (QED) is 0.619. The first-order valence-electron chi connectivity index (χ1n) is 8.11. The molecular formula is C17H20F2N2O6. The van der Waals surface area contributed by atoms with E-state index in [2.05, 4.69) is 10.1 Å². The molecule has 0 saturated carbocycles. The largest absolute Gasteiger partial charge is 0.490 e. The number of benzene rings is 1. The third-order valence-corrected chi connectivity index (χ3v) is 3.68. The lowest BCUT2D eigenvalue weighted by Gasteiger charge is -2.16. The smallest absolute Gasteiger partial charge is 0.387 e. The first-order valence-corrected chi connectivity index (χ1v) is 8.11. The highest BCUT2D eigenvalue weighted by molar-refractivity contribution is 6.08. The molecule has 10 heteroatoms. The van der Waals surface area contributed by atoms with Gasteiger partial charge in [-0.1, -0.05) is 0 Å². The first kappa shape index (κ1) is 20.4. The minimum Gasteiger partial charge on any atom is -0.490 e. The molecule has 1 aromatic rings. The van der Waals surface area contributed by atoms with Crippen molar-refractivity contribution in [3.63, 3.8) is 0 Å². The number of nitrogens with one attached hydrogen (secondary N) is 1. The predicted octanol–water partition coefficient (Wildman–Crippen LogP) is 1.36. The van der Waals surface area contributed by atoms with Gasteiger partial charge in [-0.25, -0.2) is 4.79 Å². The molecule has 0 radical (unpaired) electrons. The van der Waals surface area contributed by atoms with Crippen LogP contribution in [0.2, 0.25) is 0 Å². The van der Waals surface area contributed by atoms with Gasteiger partial charge in [0.1, 0.15) is 5.70 Å². The molecule has 0 aliphatic carbocycles. The maximum absolute atomic E-state index is 12.5. The van der Waals surface area contributed by atoms with Gasteiger partial charge in [0.05, 0.1) is 32.4 Å². The minimum absolute atomic E-state index is 0.0136. The fourth-order valence-corrected chi connectivity index (χ4v) is 2.54. The summed E-state index contributed by atoms with van der Waals surface area (Å²) in [4.78, 5) is 25.7. The molecule has 0 unspecified atom stereocenters. The SMILES string of the molecule is CCOc1cc(NC2=C(C(=O)OC)CN(CCO)C2=O)ccc1OC(F)F. The lowest BCUT2D eigenvalue weighted by Crippen LogP contribution is -2.31. The van der Waals surface area contributed by atoms with Crippen molar-refractivity contribution >= 4 is 17.6 Å². The van der Waals surface area contributed by atoms with Crippen LogP contribution < -0.4 is 14.8 Å². The van der Waals surface area contributed by atoms with Crippen molar-refractivity contribution in [2.45, 2.75) is 13.5 Å². The maximum Gasteiger partial charge on any atom is 0.387 e. The number of nitrogens with zero attached hydrogens (tertiary/aromatic N) is 1. The van der Waals surface area contributed by atoms with E-state index < -0.39 is 18.5 Å². The summed E-state index contributed by atoms with van der Waals surface area (Å²) in [5, 5.41) is 11.9. The van der Waals surface area contributed by atoms with Gasteiger partial charge in [-0.05, 0) is 19.1 Å². The number of esters is 1. The van der Waals surface area contributed by atoms with E-state index in [4.69, 9.17) is 14.6 Å². The molecule has 1 amide bonds. The van der Waals surface area contributed by atoms with E-state index in [1.807, 2.05) is 0 Å². The topological polar surface area (TPSA) is 97.3 Å². The summed E-state index contributed by atoms with van der Waals surface area (Å²) in [7, 11) is 1.19. The number of methoxy groups -OCH3 is 1. The molecule has 0 atom stereocenters. The second-order valence-electron chi connectivity index (χ2n) is 5.39. The number of amides is 1. The average Bonchev–Trinajstić information content (AvgIpc) is 2.93. The first-order chi connectivity index (χ1) is 12.9. The van der Waals surface area contributed by atoms with Gasteiger partial charge in [0.25, 0.3) is 5.91 Å². The number of hydrogen-bond acceptors (Lipinski definition) is 7. The summed E-state index contributed by atoms with van der Waals surface area (Å²) in [5.74, 6) is -1.27. The monoisotopic (exact) mass is 386 g/mol. The van der Waals surface area contributed by atoms with Gasteiger partial charge in [0, 0.05) is 18.3 Å². The van der Waals surface area contributed by atoms with E-state index in [9.17, 15) is 18.4 Å². The molecule has 2 rings (SSSR count). The van der Waals surface area contributed by atoms with Crippen molar-refractivity contribution in [1.29, 1.82) is 0 Å². The van der Waals surface area contributed by atoms with E-state index in [0.717, 1.165) is 0 Å². The van der Waals surface area contributed by atoms with Crippen molar-refractivity contribution in [2.24, 2.45) is 0 Å². The van der Waals surface area contributed by atoms with Gasteiger partial charge in [-0.3, -0.25) is 4.79 Å². The Morgan fingerprint density at radius 1 is 1.37 bits per heavy atom. The Morgan fingerprint density at radius 3 is 2.70 bits per heavy atom. The van der Waals surface area contributed by atoms with Crippen LogP contribution in [0.1, 0.15) is 6.92 Å². The van der Waals surface area contributed by atoms with Gasteiger partial charge < -0.3 is 29.5 Å². The van der Waals surface area contributed by atoms with Crippen LogP contribution in [0, 0.1) is 0 Å². The number of carbonyl (C=O) groups excluding carboxylic acids is 2. The molecule has 0 spiro atoms. The summed E-state index contributed by atoms with van der Waals surface area (Å²) in [6, 6.07) is 4.05. The third kappa shape index (κ3) is 4.85. The number of carbonyl (C=O) groups is 2. The number of rotatable bonds is 9. The van der Waals surface area contributed by atoms with Crippen molar-refractivity contribution in [3.8, 4) is 11.5 Å². The fraction of sp³-hybridized carbons (Fsp3) is 0.412.